The molecule has 0 aliphatic heterocycles. The standard InChI is InChI=1S/C27H35N5O2/c1-5-13-28-16-22(33)17-30-18-23(26(29-30)21-10-8-9-19(4)14-21)20-11-12-24-25(15-20)32(7-3)27(34)31(24)6-2/h8-12,14-15,18,22,28,33H,5-7,13,16-17H2,1-4H3. The van der Waals surface area contributed by atoms with Crippen molar-refractivity contribution in [3.63, 3.8) is 0 Å². The van der Waals surface area contributed by atoms with Crippen LogP contribution in [0.25, 0.3) is 33.4 Å². The number of rotatable bonds is 10. The van der Waals surface area contributed by atoms with E-state index in [2.05, 4.69) is 49.5 Å². The summed E-state index contributed by atoms with van der Waals surface area (Å²) in [6, 6.07) is 14.5. The van der Waals surface area contributed by atoms with Crippen LogP contribution in [0.5, 0.6) is 0 Å². The molecular weight excluding hydrogens is 426 g/mol. The highest BCUT2D eigenvalue weighted by Gasteiger charge is 2.18. The van der Waals surface area contributed by atoms with E-state index in [4.69, 9.17) is 5.10 Å². The maximum absolute atomic E-state index is 12.8. The first-order valence-corrected chi connectivity index (χ1v) is 12.2. The summed E-state index contributed by atoms with van der Waals surface area (Å²) in [7, 11) is 0. The summed E-state index contributed by atoms with van der Waals surface area (Å²) >= 11 is 0. The Morgan fingerprint density at radius 3 is 2.47 bits per heavy atom. The number of aromatic nitrogens is 4. The number of imidazole rings is 1. The van der Waals surface area contributed by atoms with Gasteiger partial charge in [0, 0.05) is 37.0 Å². The van der Waals surface area contributed by atoms with Crippen LogP contribution in [0.2, 0.25) is 0 Å². The minimum absolute atomic E-state index is 0.0226. The van der Waals surface area contributed by atoms with E-state index in [9.17, 15) is 9.90 Å². The number of nitrogens with zero attached hydrogens (tertiary/aromatic N) is 4. The Bertz CT molecular complexity index is 1330. The minimum atomic E-state index is -0.531. The predicted molar refractivity (Wildman–Crippen MR) is 138 cm³/mol. The van der Waals surface area contributed by atoms with Crippen molar-refractivity contribution in [2.24, 2.45) is 0 Å². The van der Waals surface area contributed by atoms with Crippen molar-refractivity contribution in [1.29, 1.82) is 0 Å². The lowest BCUT2D eigenvalue weighted by molar-refractivity contribution is 0.147. The third kappa shape index (κ3) is 4.72. The lowest BCUT2D eigenvalue weighted by Crippen LogP contribution is -2.30. The molecule has 4 aromatic rings. The first-order chi connectivity index (χ1) is 16.5. The van der Waals surface area contributed by atoms with Crippen LogP contribution in [-0.2, 0) is 19.6 Å². The molecule has 0 bridgehead atoms. The van der Waals surface area contributed by atoms with Gasteiger partial charge < -0.3 is 10.4 Å². The van der Waals surface area contributed by atoms with Gasteiger partial charge in [0.25, 0.3) is 0 Å². The average molecular weight is 462 g/mol. The Morgan fingerprint density at radius 2 is 1.76 bits per heavy atom. The molecule has 7 nitrogen and oxygen atoms in total. The molecule has 0 saturated heterocycles. The molecule has 0 saturated carbocycles. The van der Waals surface area contributed by atoms with Crippen molar-refractivity contribution in [2.75, 3.05) is 13.1 Å². The van der Waals surface area contributed by atoms with Crippen LogP contribution < -0.4 is 11.0 Å². The lowest BCUT2D eigenvalue weighted by Gasteiger charge is -2.11. The number of aliphatic hydroxyl groups excluding tert-OH is 1. The summed E-state index contributed by atoms with van der Waals surface area (Å²) < 4.78 is 5.47. The second kappa shape index (κ2) is 10.4. The summed E-state index contributed by atoms with van der Waals surface area (Å²) in [6.07, 6.45) is 2.50. The first-order valence-electron chi connectivity index (χ1n) is 12.2. The van der Waals surface area contributed by atoms with Gasteiger partial charge in [-0.05, 0) is 57.5 Å². The second-order valence-electron chi connectivity index (χ2n) is 8.82. The summed E-state index contributed by atoms with van der Waals surface area (Å²) in [5.74, 6) is 0. The van der Waals surface area contributed by atoms with Crippen molar-refractivity contribution in [1.82, 2.24) is 24.2 Å². The second-order valence-corrected chi connectivity index (χ2v) is 8.82. The maximum Gasteiger partial charge on any atom is 0.329 e. The Balaban J connectivity index is 1.80. The molecule has 2 aromatic carbocycles. The van der Waals surface area contributed by atoms with Gasteiger partial charge in [0.15, 0.2) is 0 Å². The highest BCUT2D eigenvalue weighted by Crippen LogP contribution is 2.33. The Kier molecular flexibility index (Phi) is 7.34. The first kappa shape index (κ1) is 24.0. The van der Waals surface area contributed by atoms with E-state index < -0.39 is 6.10 Å². The highest BCUT2D eigenvalue weighted by molar-refractivity contribution is 5.87. The molecule has 2 heterocycles. The van der Waals surface area contributed by atoms with Crippen LogP contribution in [-0.4, -0.2) is 43.2 Å². The lowest BCUT2D eigenvalue weighted by atomic mass is 10.0. The van der Waals surface area contributed by atoms with Gasteiger partial charge in [0.2, 0.25) is 0 Å². The van der Waals surface area contributed by atoms with E-state index >= 15 is 0 Å². The zero-order valence-electron chi connectivity index (χ0n) is 20.6. The molecule has 0 spiro atoms. The molecule has 2 N–H and O–H groups in total. The largest absolute Gasteiger partial charge is 0.390 e. The highest BCUT2D eigenvalue weighted by atomic mass is 16.3. The molecule has 4 rings (SSSR count). The summed E-state index contributed by atoms with van der Waals surface area (Å²) in [4.78, 5) is 12.8. The van der Waals surface area contributed by atoms with Crippen molar-refractivity contribution in [2.45, 2.75) is 59.9 Å². The number of aryl methyl sites for hydroxylation is 3. The fourth-order valence-corrected chi connectivity index (χ4v) is 4.56. The Morgan fingerprint density at radius 1 is 1.00 bits per heavy atom. The third-order valence-electron chi connectivity index (χ3n) is 6.22. The molecule has 0 aliphatic rings. The van der Waals surface area contributed by atoms with Crippen molar-refractivity contribution >= 4 is 11.0 Å². The van der Waals surface area contributed by atoms with Crippen molar-refractivity contribution < 1.29 is 5.11 Å². The number of aliphatic hydroxyl groups is 1. The average Bonchev–Trinajstić information content (AvgIpc) is 3.36. The van der Waals surface area contributed by atoms with Gasteiger partial charge in [0.1, 0.15) is 5.69 Å². The number of fused-ring (bicyclic) bond motifs is 1. The van der Waals surface area contributed by atoms with Gasteiger partial charge in [-0.2, -0.15) is 5.10 Å². The topological polar surface area (TPSA) is 77.0 Å². The van der Waals surface area contributed by atoms with Crippen LogP contribution in [0.3, 0.4) is 0 Å². The quantitative estimate of drug-likeness (QED) is 0.350. The molecule has 34 heavy (non-hydrogen) atoms. The Hall–Kier alpha value is -3.16. The van der Waals surface area contributed by atoms with Gasteiger partial charge in [0.05, 0.1) is 23.7 Å². The van der Waals surface area contributed by atoms with Crippen LogP contribution in [0.15, 0.2) is 53.5 Å². The van der Waals surface area contributed by atoms with Crippen molar-refractivity contribution in [3.05, 3.63) is 64.7 Å². The van der Waals surface area contributed by atoms with Crippen LogP contribution in [0.4, 0.5) is 0 Å². The normalized spacial score (nSPS) is 12.5. The smallest absolute Gasteiger partial charge is 0.329 e. The van der Waals surface area contributed by atoms with E-state index in [1.54, 1.807) is 0 Å². The SMILES string of the molecule is CCCNCC(O)Cn1cc(-c2ccc3c(c2)n(CC)c(=O)n3CC)c(-c2cccc(C)c2)n1. The van der Waals surface area contributed by atoms with Crippen LogP contribution in [0, 0.1) is 6.92 Å². The third-order valence-corrected chi connectivity index (χ3v) is 6.22. The molecule has 7 heteroatoms. The fourth-order valence-electron chi connectivity index (χ4n) is 4.56. The summed E-state index contributed by atoms with van der Waals surface area (Å²) in [5.41, 5.74) is 6.96. The molecule has 1 unspecified atom stereocenters. The van der Waals surface area contributed by atoms with Crippen LogP contribution in [0.1, 0.15) is 32.8 Å². The van der Waals surface area contributed by atoms with Gasteiger partial charge in [-0.3, -0.25) is 13.8 Å². The molecule has 0 fully saturated rings. The molecular formula is C27H35N5O2. The van der Waals surface area contributed by atoms with E-state index in [-0.39, 0.29) is 5.69 Å². The zero-order valence-corrected chi connectivity index (χ0v) is 20.6. The van der Waals surface area contributed by atoms with E-state index in [0.29, 0.717) is 26.2 Å². The maximum atomic E-state index is 12.8. The number of hydrogen-bond acceptors (Lipinski definition) is 4. The van der Waals surface area contributed by atoms with Gasteiger partial charge >= 0.3 is 5.69 Å². The molecule has 180 valence electrons. The van der Waals surface area contributed by atoms with Crippen LogP contribution >= 0.6 is 0 Å². The van der Waals surface area contributed by atoms with E-state index in [1.165, 1.54) is 0 Å². The van der Waals surface area contributed by atoms with E-state index in [1.807, 2.05) is 46.0 Å². The monoisotopic (exact) mass is 461 g/mol. The minimum Gasteiger partial charge on any atom is -0.390 e. The molecule has 2 aromatic heterocycles. The van der Waals surface area contributed by atoms with Crippen molar-refractivity contribution in [3.8, 4) is 22.4 Å². The van der Waals surface area contributed by atoms with Gasteiger partial charge in [-0.1, -0.05) is 36.8 Å². The zero-order chi connectivity index (χ0) is 24.2. The summed E-state index contributed by atoms with van der Waals surface area (Å²) in [5, 5.41) is 18.7. The van der Waals surface area contributed by atoms with E-state index in [0.717, 1.165) is 51.9 Å². The van der Waals surface area contributed by atoms with Gasteiger partial charge in [-0.15, -0.1) is 0 Å². The molecule has 0 amide bonds. The molecule has 1 atom stereocenters. The predicted octanol–water partition coefficient (Wildman–Crippen LogP) is 4.04. The fraction of sp³-hybridized carbons (Fsp3) is 0.407. The van der Waals surface area contributed by atoms with Gasteiger partial charge in [-0.25, -0.2) is 4.79 Å². The summed E-state index contributed by atoms with van der Waals surface area (Å²) in [6.45, 7) is 11.2. The molecule has 0 aliphatic carbocycles. The number of benzene rings is 2. The number of hydrogen-bond donors (Lipinski definition) is 2. The number of nitrogens with one attached hydrogen (secondary N) is 1. The Labute approximate surface area is 200 Å². The molecule has 0 radical (unpaired) electrons.